The van der Waals surface area contributed by atoms with Gasteiger partial charge in [0.25, 0.3) is 0 Å². The fraction of sp³-hybridized carbons (Fsp3) is 0.464. The number of fused-ring (bicyclic) bond motifs is 5. The molecule has 13 heteroatoms. The van der Waals surface area contributed by atoms with Crippen molar-refractivity contribution in [2.75, 3.05) is 32.7 Å². The summed E-state index contributed by atoms with van der Waals surface area (Å²) in [6, 6.07) is 6.40. The molecule has 0 fully saturated rings. The van der Waals surface area contributed by atoms with Gasteiger partial charge in [-0.15, -0.1) is 0 Å². The number of hydrogen-bond acceptors (Lipinski definition) is 10. The molecular formula is C28H41N7O6. The molecule has 0 aliphatic carbocycles. The lowest BCUT2D eigenvalue weighted by Gasteiger charge is -2.30. The number of nitrogens with zero attached hydrogens (tertiary/aromatic N) is 1. The predicted molar refractivity (Wildman–Crippen MR) is 153 cm³/mol. The number of aliphatic hydroxyl groups is 1. The number of carbonyl (C=O) groups is 3. The highest BCUT2D eigenvalue weighted by Gasteiger charge is 2.32. The summed E-state index contributed by atoms with van der Waals surface area (Å²) in [6.45, 7) is 0.254. The molecule has 1 unspecified atom stereocenters. The second-order valence-electron chi connectivity index (χ2n) is 10.2. The molecule has 0 spiro atoms. The minimum atomic E-state index is -1.19. The van der Waals surface area contributed by atoms with Crippen molar-refractivity contribution >= 4 is 17.7 Å². The zero-order valence-electron chi connectivity index (χ0n) is 23.0. The number of amides is 3. The summed E-state index contributed by atoms with van der Waals surface area (Å²) in [7, 11) is 0. The molecule has 13 nitrogen and oxygen atoms in total. The molecular weight excluding hydrogens is 530 g/mol. The standard InChI is InChI=1S/C28H41N7O6/c29-7-1-2-22-27(40)34-23(28(41)35(9-8-30)15-20(36)14-31)13-19-11-17(4-6-25(19)38)16-3-5-24(37)18(10-16)12-21(32)26(39)33-22/h3-6,10-11,20-23,36-38H,1-2,7-9,12-15,29-32H2,(H,33,39)(H,34,40)/t20?,21-,22-,23-/m0/s1. The van der Waals surface area contributed by atoms with Gasteiger partial charge in [-0.25, -0.2) is 0 Å². The molecule has 4 atom stereocenters. The largest absolute Gasteiger partial charge is 0.508 e. The van der Waals surface area contributed by atoms with E-state index in [4.69, 9.17) is 22.9 Å². The molecule has 1 aliphatic rings. The number of hydrogen-bond donors (Lipinski definition) is 9. The maximum absolute atomic E-state index is 13.8. The number of phenolic OH excluding ortho intramolecular Hbond substituents is 2. The molecule has 2 aromatic rings. The molecule has 3 amide bonds. The normalized spacial score (nSPS) is 20.3. The van der Waals surface area contributed by atoms with Crippen LogP contribution in [0.1, 0.15) is 24.0 Å². The maximum atomic E-state index is 13.8. The van der Waals surface area contributed by atoms with Crippen molar-refractivity contribution < 1.29 is 29.7 Å². The van der Waals surface area contributed by atoms with Crippen LogP contribution < -0.4 is 33.6 Å². The zero-order valence-corrected chi connectivity index (χ0v) is 23.0. The van der Waals surface area contributed by atoms with Gasteiger partial charge in [0.2, 0.25) is 17.7 Å². The van der Waals surface area contributed by atoms with E-state index in [0.717, 1.165) is 0 Å². The molecule has 0 radical (unpaired) electrons. The SMILES string of the molecule is NCCC[C@@H]1NC(=O)[C@@H](N)Cc2cc(ccc2O)-c2ccc(O)c(c2)C[C@@H](C(=O)N(CCN)CC(O)CN)NC1=O. The first kappa shape index (κ1) is 31.8. The van der Waals surface area contributed by atoms with Gasteiger partial charge in [-0.1, -0.05) is 12.1 Å². The van der Waals surface area contributed by atoms with Gasteiger partial charge in [0.05, 0.1) is 12.1 Å². The Balaban J connectivity index is 2.12. The Labute approximate surface area is 238 Å². The Kier molecular flexibility index (Phi) is 11.4. The Morgan fingerprint density at radius 3 is 2.10 bits per heavy atom. The van der Waals surface area contributed by atoms with Crippen molar-refractivity contribution in [2.45, 2.75) is 49.9 Å². The number of phenols is 2. The van der Waals surface area contributed by atoms with Crippen molar-refractivity contribution in [2.24, 2.45) is 22.9 Å². The molecule has 4 bridgehead atoms. The van der Waals surface area contributed by atoms with E-state index in [0.29, 0.717) is 28.7 Å². The average molecular weight is 572 g/mol. The third-order valence-electron chi connectivity index (χ3n) is 7.05. The summed E-state index contributed by atoms with van der Waals surface area (Å²) in [5.74, 6) is -1.93. The Morgan fingerprint density at radius 2 is 1.54 bits per heavy atom. The second-order valence-corrected chi connectivity index (χ2v) is 10.2. The molecule has 13 N–H and O–H groups in total. The fourth-order valence-corrected chi connectivity index (χ4v) is 4.75. The molecule has 224 valence electrons. The third-order valence-corrected chi connectivity index (χ3v) is 7.05. The summed E-state index contributed by atoms with van der Waals surface area (Å²) in [6.07, 6.45) is -0.532. The van der Waals surface area contributed by atoms with Crippen molar-refractivity contribution in [1.29, 1.82) is 0 Å². The first-order valence-electron chi connectivity index (χ1n) is 13.6. The van der Waals surface area contributed by atoms with Crippen molar-refractivity contribution in [3.63, 3.8) is 0 Å². The number of benzene rings is 2. The number of carbonyl (C=O) groups excluding carboxylic acids is 3. The minimum Gasteiger partial charge on any atom is -0.508 e. The molecule has 1 aliphatic heterocycles. The van der Waals surface area contributed by atoms with E-state index in [2.05, 4.69) is 10.6 Å². The number of aliphatic hydroxyl groups excluding tert-OH is 1. The van der Waals surface area contributed by atoms with Crippen molar-refractivity contribution in [3.8, 4) is 22.6 Å². The van der Waals surface area contributed by atoms with Crippen LogP contribution in [0.2, 0.25) is 0 Å². The lowest BCUT2D eigenvalue weighted by atomic mass is 9.95. The summed E-state index contributed by atoms with van der Waals surface area (Å²) < 4.78 is 0. The number of nitrogens with one attached hydrogen (secondary N) is 2. The van der Waals surface area contributed by atoms with Crippen LogP contribution in [0, 0.1) is 0 Å². The van der Waals surface area contributed by atoms with Gasteiger partial charge in [0.15, 0.2) is 0 Å². The molecule has 0 saturated carbocycles. The first-order valence-corrected chi connectivity index (χ1v) is 13.6. The highest BCUT2D eigenvalue weighted by atomic mass is 16.3. The van der Waals surface area contributed by atoms with E-state index in [-0.39, 0.29) is 63.5 Å². The van der Waals surface area contributed by atoms with Gasteiger partial charge in [-0.3, -0.25) is 14.4 Å². The van der Waals surface area contributed by atoms with Gasteiger partial charge < -0.3 is 53.8 Å². The van der Waals surface area contributed by atoms with E-state index >= 15 is 0 Å². The van der Waals surface area contributed by atoms with Crippen LogP contribution in [0.15, 0.2) is 36.4 Å². The minimum absolute atomic E-state index is 0.000302. The zero-order chi connectivity index (χ0) is 30.1. The molecule has 0 aromatic heterocycles. The highest BCUT2D eigenvalue weighted by molar-refractivity contribution is 5.93. The van der Waals surface area contributed by atoms with Gasteiger partial charge in [-0.05, 0) is 65.9 Å². The molecule has 3 rings (SSSR count). The lowest BCUT2D eigenvalue weighted by Crippen LogP contribution is -2.58. The van der Waals surface area contributed by atoms with Gasteiger partial charge >= 0.3 is 0 Å². The van der Waals surface area contributed by atoms with Crippen LogP contribution in [0.4, 0.5) is 0 Å². The predicted octanol–water partition coefficient (Wildman–Crippen LogP) is -1.99. The van der Waals surface area contributed by atoms with Crippen molar-refractivity contribution in [1.82, 2.24) is 15.5 Å². The summed E-state index contributed by atoms with van der Waals surface area (Å²) >= 11 is 0. The second kappa shape index (κ2) is 14.8. The maximum Gasteiger partial charge on any atom is 0.245 e. The van der Waals surface area contributed by atoms with E-state index in [1.165, 1.54) is 17.0 Å². The van der Waals surface area contributed by atoms with Crippen LogP contribution in [0.5, 0.6) is 11.5 Å². The van der Waals surface area contributed by atoms with Gasteiger partial charge in [0, 0.05) is 39.0 Å². The number of rotatable bonds is 9. The van der Waals surface area contributed by atoms with Crippen LogP contribution in [-0.2, 0) is 27.2 Å². The highest BCUT2D eigenvalue weighted by Crippen LogP contribution is 2.31. The van der Waals surface area contributed by atoms with Crippen LogP contribution in [-0.4, -0.2) is 94.9 Å². The average Bonchev–Trinajstić information content (AvgIpc) is 2.95. The first-order chi connectivity index (χ1) is 19.6. The Morgan fingerprint density at radius 1 is 0.927 bits per heavy atom. The number of nitrogens with two attached hydrogens (primary N) is 4. The van der Waals surface area contributed by atoms with E-state index in [1.54, 1.807) is 24.3 Å². The molecule has 0 saturated heterocycles. The topological polar surface area (TPSA) is 243 Å². The van der Waals surface area contributed by atoms with E-state index in [1.807, 2.05) is 0 Å². The lowest BCUT2D eigenvalue weighted by molar-refractivity contribution is -0.138. The van der Waals surface area contributed by atoms with Crippen molar-refractivity contribution in [3.05, 3.63) is 47.5 Å². The third kappa shape index (κ3) is 8.38. The monoisotopic (exact) mass is 571 g/mol. The smallest absolute Gasteiger partial charge is 0.245 e. The molecule has 2 aromatic carbocycles. The summed E-state index contributed by atoms with van der Waals surface area (Å²) in [4.78, 5) is 41.7. The van der Waals surface area contributed by atoms with Crippen LogP contribution in [0.25, 0.3) is 11.1 Å². The fourth-order valence-electron chi connectivity index (χ4n) is 4.75. The van der Waals surface area contributed by atoms with Gasteiger partial charge in [0.1, 0.15) is 23.6 Å². The number of aromatic hydroxyl groups is 2. The van der Waals surface area contributed by atoms with E-state index in [9.17, 15) is 29.7 Å². The quantitative estimate of drug-likeness (QED) is 0.160. The summed E-state index contributed by atoms with van der Waals surface area (Å²) in [5.41, 5.74) is 25.3. The van der Waals surface area contributed by atoms with Crippen LogP contribution in [0.3, 0.4) is 0 Å². The van der Waals surface area contributed by atoms with Crippen LogP contribution >= 0.6 is 0 Å². The molecule has 1 heterocycles. The van der Waals surface area contributed by atoms with Gasteiger partial charge in [-0.2, -0.15) is 0 Å². The van der Waals surface area contributed by atoms with E-state index < -0.39 is 42.0 Å². The summed E-state index contributed by atoms with van der Waals surface area (Å²) in [5, 5.41) is 36.7. The Bertz CT molecular complexity index is 1230. The molecule has 41 heavy (non-hydrogen) atoms. The Hall–Kier alpha value is -3.75.